The molecule has 1 aromatic rings. The highest BCUT2D eigenvalue weighted by Gasteiger charge is 2.10. The highest BCUT2D eigenvalue weighted by Crippen LogP contribution is 2.10. The second-order valence-electron chi connectivity index (χ2n) is 5.47. The van der Waals surface area contributed by atoms with E-state index in [4.69, 9.17) is 6.42 Å². The molecule has 0 saturated carbocycles. The van der Waals surface area contributed by atoms with Crippen molar-refractivity contribution in [1.29, 1.82) is 0 Å². The summed E-state index contributed by atoms with van der Waals surface area (Å²) in [5.74, 6) is 2.60. The lowest BCUT2D eigenvalue weighted by Crippen LogP contribution is -2.33. The van der Waals surface area contributed by atoms with Gasteiger partial charge < -0.3 is 5.32 Å². The standard InChI is InChI=1S/C19H27NO/c1-3-5-6-7-8-9-13-16-18(4-2)20-19(21)17-14-11-10-12-15-17/h2,10-12,14-15,18H,3,5-9,13,16H2,1H3,(H,20,21)/t18-/m0/s1. The van der Waals surface area contributed by atoms with Crippen LogP contribution in [0.2, 0.25) is 0 Å². The normalized spacial score (nSPS) is 11.6. The molecule has 0 radical (unpaired) electrons. The van der Waals surface area contributed by atoms with E-state index in [9.17, 15) is 4.79 Å². The zero-order chi connectivity index (χ0) is 15.3. The molecule has 21 heavy (non-hydrogen) atoms. The van der Waals surface area contributed by atoms with Gasteiger partial charge in [-0.1, -0.05) is 76.0 Å². The van der Waals surface area contributed by atoms with Crippen molar-refractivity contribution in [2.45, 2.75) is 64.3 Å². The zero-order valence-electron chi connectivity index (χ0n) is 13.1. The molecule has 2 heteroatoms. The third kappa shape index (κ3) is 7.56. The SMILES string of the molecule is C#C[C@@H](CCCCCCCCC)NC(=O)c1ccccc1. The summed E-state index contributed by atoms with van der Waals surface area (Å²) in [5.41, 5.74) is 0.664. The summed E-state index contributed by atoms with van der Waals surface area (Å²) in [6.07, 6.45) is 15.2. The number of terminal acetylenes is 1. The molecule has 0 fully saturated rings. The zero-order valence-corrected chi connectivity index (χ0v) is 13.1. The molecule has 1 rings (SSSR count). The first kappa shape index (κ1) is 17.3. The lowest BCUT2D eigenvalue weighted by atomic mass is 10.0. The molecule has 0 aromatic heterocycles. The van der Waals surface area contributed by atoms with E-state index < -0.39 is 0 Å². The Balaban J connectivity index is 2.20. The molecule has 0 aliphatic rings. The van der Waals surface area contributed by atoms with Gasteiger partial charge in [0, 0.05) is 5.56 Å². The second kappa shape index (κ2) is 11.0. The van der Waals surface area contributed by atoms with Crippen molar-refractivity contribution < 1.29 is 4.79 Å². The van der Waals surface area contributed by atoms with E-state index in [-0.39, 0.29) is 11.9 Å². The van der Waals surface area contributed by atoms with Crippen LogP contribution in [0.15, 0.2) is 30.3 Å². The summed E-state index contributed by atoms with van der Waals surface area (Å²) in [7, 11) is 0. The number of nitrogens with one attached hydrogen (secondary N) is 1. The summed E-state index contributed by atoms with van der Waals surface area (Å²) in [4.78, 5) is 12.0. The summed E-state index contributed by atoms with van der Waals surface area (Å²) < 4.78 is 0. The fraction of sp³-hybridized carbons (Fsp3) is 0.526. The molecule has 1 aromatic carbocycles. The van der Waals surface area contributed by atoms with Crippen molar-refractivity contribution in [2.24, 2.45) is 0 Å². The average molecular weight is 285 g/mol. The molecule has 0 bridgehead atoms. The molecular weight excluding hydrogens is 258 g/mol. The molecule has 0 saturated heterocycles. The first-order valence-corrected chi connectivity index (χ1v) is 8.10. The fourth-order valence-corrected chi connectivity index (χ4v) is 2.33. The molecule has 0 aliphatic carbocycles. The Bertz CT molecular complexity index is 433. The summed E-state index contributed by atoms with van der Waals surface area (Å²) >= 11 is 0. The molecule has 1 amide bonds. The number of rotatable bonds is 10. The minimum atomic E-state index is -0.159. The summed E-state index contributed by atoms with van der Waals surface area (Å²) in [5, 5.41) is 2.92. The predicted octanol–water partition coefficient (Wildman–Crippen LogP) is 4.56. The van der Waals surface area contributed by atoms with Crippen LogP contribution in [0.25, 0.3) is 0 Å². The molecule has 2 nitrogen and oxygen atoms in total. The van der Waals surface area contributed by atoms with Gasteiger partial charge in [-0.2, -0.15) is 0 Å². The maximum atomic E-state index is 12.0. The van der Waals surface area contributed by atoms with E-state index in [0.29, 0.717) is 5.56 Å². The third-order valence-corrected chi connectivity index (χ3v) is 3.64. The minimum Gasteiger partial charge on any atom is -0.338 e. The van der Waals surface area contributed by atoms with Crippen LogP contribution in [0.4, 0.5) is 0 Å². The van der Waals surface area contributed by atoms with Crippen molar-refractivity contribution in [2.75, 3.05) is 0 Å². The molecule has 1 atom stereocenters. The maximum absolute atomic E-state index is 12.0. The second-order valence-corrected chi connectivity index (χ2v) is 5.47. The van der Waals surface area contributed by atoms with Crippen molar-refractivity contribution in [3.05, 3.63) is 35.9 Å². The van der Waals surface area contributed by atoms with Crippen LogP contribution in [0.1, 0.15) is 68.6 Å². The molecule has 0 spiro atoms. The number of carbonyl (C=O) groups excluding carboxylic acids is 1. The van der Waals surface area contributed by atoms with E-state index in [1.54, 1.807) is 12.1 Å². The largest absolute Gasteiger partial charge is 0.338 e. The highest BCUT2D eigenvalue weighted by molar-refractivity contribution is 5.94. The number of carbonyl (C=O) groups is 1. The van der Waals surface area contributed by atoms with Crippen molar-refractivity contribution in [1.82, 2.24) is 5.32 Å². The average Bonchev–Trinajstić information content (AvgIpc) is 2.53. The molecule has 114 valence electrons. The quantitative estimate of drug-likeness (QED) is 0.495. The van der Waals surface area contributed by atoms with Crippen molar-refractivity contribution >= 4 is 5.91 Å². The fourth-order valence-electron chi connectivity index (χ4n) is 2.33. The Labute approximate surface area is 129 Å². The molecule has 1 N–H and O–H groups in total. The Morgan fingerprint density at radius 2 is 1.71 bits per heavy atom. The van der Waals surface area contributed by atoms with Crippen LogP contribution in [-0.4, -0.2) is 11.9 Å². The van der Waals surface area contributed by atoms with Gasteiger partial charge in [0.1, 0.15) is 0 Å². The van der Waals surface area contributed by atoms with Gasteiger partial charge in [-0.15, -0.1) is 6.42 Å². The maximum Gasteiger partial charge on any atom is 0.252 e. The number of amides is 1. The van der Waals surface area contributed by atoms with Gasteiger partial charge in [0.05, 0.1) is 6.04 Å². The number of hydrogen-bond donors (Lipinski definition) is 1. The van der Waals surface area contributed by atoms with E-state index in [2.05, 4.69) is 18.2 Å². The van der Waals surface area contributed by atoms with E-state index in [1.165, 1.54) is 38.5 Å². The monoisotopic (exact) mass is 285 g/mol. The number of benzene rings is 1. The first-order chi connectivity index (χ1) is 10.3. The van der Waals surface area contributed by atoms with E-state index >= 15 is 0 Å². The van der Waals surface area contributed by atoms with Gasteiger partial charge in [0.25, 0.3) is 5.91 Å². The van der Waals surface area contributed by atoms with Crippen LogP contribution in [0, 0.1) is 12.3 Å². The van der Waals surface area contributed by atoms with Gasteiger partial charge in [-0.05, 0) is 18.6 Å². The van der Waals surface area contributed by atoms with Gasteiger partial charge in [-0.25, -0.2) is 0 Å². The summed E-state index contributed by atoms with van der Waals surface area (Å²) in [6.45, 7) is 2.23. The van der Waals surface area contributed by atoms with Crippen LogP contribution < -0.4 is 5.32 Å². The number of hydrogen-bond acceptors (Lipinski definition) is 1. The Morgan fingerprint density at radius 3 is 2.33 bits per heavy atom. The molecule has 0 aliphatic heterocycles. The molecular formula is C19H27NO. The van der Waals surface area contributed by atoms with Crippen LogP contribution in [0.3, 0.4) is 0 Å². The molecule has 0 unspecified atom stereocenters. The molecule has 0 heterocycles. The van der Waals surface area contributed by atoms with Gasteiger partial charge in [0.2, 0.25) is 0 Å². The predicted molar refractivity (Wildman–Crippen MR) is 89.1 cm³/mol. The Morgan fingerprint density at radius 1 is 1.10 bits per heavy atom. The first-order valence-electron chi connectivity index (χ1n) is 8.10. The topological polar surface area (TPSA) is 29.1 Å². The minimum absolute atomic E-state index is 0.0819. The van der Waals surface area contributed by atoms with E-state index in [1.807, 2.05) is 18.2 Å². The lowest BCUT2D eigenvalue weighted by Gasteiger charge is -2.13. The van der Waals surface area contributed by atoms with Gasteiger partial charge in [-0.3, -0.25) is 4.79 Å². The van der Waals surface area contributed by atoms with Gasteiger partial charge >= 0.3 is 0 Å². The van der Waals surface area contributed by atoms with Crippen LogP contribution >= 0.6 is 0 Å². The van der Waals surface area contributed by atoms with Gasteiger partial charge in [0.15, 0.2) is 0 Å². The number of unbranched alkanes of at least 4 members (excludes halogenated alkanes) is 6. The van der Waals surface area contributed by atoms with Crippen LogP contribution in [0.5, 0.6) is 0 Å². The highest BCUT2D eigenvalue weighted by atomic mass is 16.1. The Hall–Kier alpha value is -1.75. The Kier molecular flexibility index (Phi) is 9.04. The third-order valence-electron chi connectivity index (χ3n) is 3.64. The van der Waals surface area contributed by atoms with Crippen molar-refractivity contribution in [3.8, 4) is 12.3 Å². The lowest BCUT2D eigenvalue weighted by molar-refractivity contribution is 0.0944. The smallest absolute Gasteiger partial charge is 0.252 e. The van der Waals surface area contributed by atoms with E-state index in [0.717, 1.165) is 12.8 Å². The van der Waals surface area contributed by atoms with Crippen LogP contribution in [-0.2, 0) is 0 Å². The summed E-state index contributed by atoms with van der Waals surface area (Å²) in [6, 6.07) is 9.06. The van der Waals surface area contributed by atoms with Crippen molar-refractivity contribution in [3.63, 3.8) is 0 Å².